The number of aliphatic hydroxyl groups is 1. The molecule has 0 fully saturated rings. The first-order chi connectivity index (χ1) is 9.15. The van der Waals surface area contributed by atoms with Crippen LogP contribution in [0.1, 0.15) is 24.6 Å². The van der Waals surface area contributed by atoms with Crippen molar-refractivity contribution >= 4 is 11.3 Å². The first kappa shape index (κ1) is 14.2. The molecule has 2 N–H and O–H groups in total. The van der Waals surface area contributed by atoms with Crippen LogP contribution in [0.2, 0.25) is 0 Å². The number of benzene rings is 1. The molecule has 0 spiro atoms. The summed E-state index contributed by atoms with van der Waals surface area (Å²) in [7, 11) is 0. The van der Waals surface area contributed by atoms with E-state index in [1.54, 1.807) is 18.3 Å². The van der Waals surface area contributed by atoms with Crippen molar-refractivity contribution in [2.24, 2.45) is 0 Å². The minimum absolute atomic E-state index is 0.244. The Hall–Kier alpha value is -1.23. The summed E-state index contributed by atoms with van der Waals surface area (Å²) in [4.78, 5) is 4.62. The highest BCUT2D eigenvalue weighted by atomic mass is 32.1. The highest BCUT2D eigenvalue weighted by molar-refractivity contribution is 7.13. The zero-order chi connectivity index (χ0) is 13.7. The van der Waals surface area contributed by atoms with Crippen molar-refractivity contribution in [1.82, 2.24) is 10.3 Å². The lowest BCUT2D eigenvalue weighted by Crippen LogP contribution is -2.18. The summed E-state index contributed by atoms with van der Waals surface area (Å²) < 4.78 is 0. The number of hydrogen-bond acceptors (Lipinski definition) is 4. The maximum atomic E-state index is 9.17. The Morgan fingerprint density at radius 1 is 1.32 bits per heavy atom. The van der Waals surface area contributed by atoms with Gasteiger partial charge in [-0.05, 0) is 26.8 Å². The maximum absolute atomic E-state index is 9.17. The van der Waals surface area contributed by atoms with E-state index in [1.165, 1.54) is 11.1 Å². The van der Waals surface area contributed by atoms with Gasteiger partial charge in [0, 0.05) is 17.5 Å². The van der Waals surface area contributed by atoms with Crippen LogP contribution in [0.4, 0.5) is 0 Å². The van der Waals surface area contributed by atoms with Crippen molar-refractivity contribution in [1.29, 1.82) is 0 Å². The molecule has 0 saturated heterocycles. The Balaban J connectivity index is 1.90. The lowest BCUT2D eigenvalue weighted by Gasteiger charge is -2.04. The van der Waals surface area contributed by atoms with Gasteiger partial charge in [-0.25, -0.2) is 4.98 Å². The molecule has 1 heterocycles. The number of aromatic nitrogens is 1. The molecule has 0 amide bonds. The molecule has 3 nitrogen and oxygen atoms in total. The van der Waals surface area contributed by atoms with Gasteiger partial charge in [-0.1, -0.05) is 29.8 Å². The molecule has 2 rings (SSSR count). The lowest BCUT2D eigenvalue weighted by molar-refractivity contribution is 0.183. The van der Waals surface area contributed by atoms with Gasteiger partial charge in [0.1, 0.15) is 5.01 Å². The minimum atomic E-state index is -0.244. The molecule has 19 heavy (non-hydrogen) atoms. The van der Waals surface area contributed by atoms with Crippen molar-refractivity contribution in [2.45, 2.75) is 32.9 Å². The molecule has 1 unspecified atom stereocenters. The maximum Gasteiger partial charge on any atom is 0.123 e. The van der Waals surface area contributed by atoms with Crippen LogP contribution in [-0.4, -0.2) is 22.7 Å². The molecule has 1 atom stereocenters. The Morgan fingerprint density at radius 3 is 2.74 bits per heavy atom. The van der Waals surface area contributed by atoms with E-state index in [-0.39, 0.29) is 6.10 Å². The topological polar surface area (TPSA) is 45.2 Å². The quantitative estimate of drug-likeness (QED) is 0.797. The summed E-state index contributed by atoms with van der Waals surface area (Å²) in [6, 6.07) is 8.44. The zero-order valence-electron chi connectivity index (χ0n) is 11.4. The molecule has 0 aliphatic carbocycles. The summed E-state index contributed by atoms with van der Waals surface area (Å²) in [6.07, 6.45) is 0.528. The lowest BCUT2D eigenvalue weighted by atomic mass is 10.2. The first-order valence-corrected chi connectivity index (χ1v) is 7.43. The largest absolute Gasteiger partial charge is 0.393 e. The normalized spacial score (nSPS) is 12.6. The highest BCUT2D eigenvalue weighted by Gasteiger charge is 2.04. The van der Waals surface area contributed by atoms with Gasteiger partial charge < -0.3 is 10.4 Å². The predicted octanol–water partition coefficient (Wildman–Crippen LogP) is 2.98. The number of aryl methyl sites for hydroxylation is 1. The predicted molar refractivity (Wildman–Crippen MR) is 80.3 cm³/mol. The summed E-state index contributed by atoms with van der Waals surface area (Å²) in [6.45, 7) is 5.47. The standard InChI is InChI=1S/C15H20N2OS/c1-11-3-5-13(6-4-11)15-17-14(10-19-15)9-16-8-7-12(2)18/h3-6,10,12,16,18H,7-9H2,1-2H3. The molecular weight excluding hydrogens is 256 g/mol. The van der Waals surface area contributed by atoms with Crippen LogP contribution in [0.3, 0.4) is 0 Å². The SMILES string of the molecule is Cc1ccc(-c2nc(CNCCC(C)O)cs2)cc1. The molecule has 102 valence electrons. The Labute approximate surface area is 118 Å². The fourth-order valence-corrected chi connectivity index (χ4v) is 2.57. The van der Waals surface area contributed by atoms with Crippen molar-refractivity contribution in [3.8, 4) is 10.6 Å². The van der Waals surface area contributed by atoms with E-state index >= 15 is 0 Å². The number of nitrogens with zero attached hydrogens (tertiary/aromatic N) is 1. The third-order valence-corrected chi connectivity index (χ3v) is 3.84. The second-order valence-electron chi connectivity index (χ2n) is 4.82. The van der Waals surface area contributed by atoms with Crippen LogP contribution >= 0.6 is 11.3 Å². The van der Waals surface area contributed by atoms with Gasteiger partial charge in [-0.2, -0.15) is 0 Å². The van der Waals surface area contributed by atoms with Crippen molar-refractivity contribution < 1.29 is 5.11 Å². The first-order valence-electron chi connectivity index (χ1n) is 6.55. The van der Waals surface area contributed by atoms with E-state index in [0.29, 0.717) is 0 Å². The number of aliphatic hydroxyl groups excluding tert-OH is 1. The zero-order valence-corrected chi connectivity index (χ0v) is 12.2. The van der Waals surface area contributed by atoms with Crippen molar-refractivity contribution in [3.63, 3.8) is 0 Å². The van der Waals surface area contributed by atoms with Crippen LogP contribution in [-0.2, 0) is 6.54 Å². The van der Waals surface area contributed by atoms with E-state index < -0.39 is 0 Å². The summed E-state index contributed by atoms with van der Waals surface area (Å²) in [5.41, 5.74) is 3.50. The third kappa shape index (κ3) is 4.42. The molecular formula is C15H20N2OS. The minimum Gasteiger partial charge on any atom is -0.393 e. The van der Waals surface area contributed by atoms with Crippen molar-refractivity contribution in [2.75, 3.05) is 6.54 Å². The molecule has 0 radical (unpaired) electrons. The highest BCUT2D eigenvalue weighted by Crippen LogP contribution is 2.23. The van der Waals surface area contributed by atoms with Crippen LogP contribution in [0.25, 0.3) is 10.6 Å². The Kier molecular flexibility index (Phi) is 5.07. The van der Waals surface area contributed by atoms with Gasteiger partial charge in [0.25, 0.3) is 0 Å². The molecule has 1 aromatic carbocycles. The van der Waals surface area contributed by atoms with E-state index in [2.05, 4.69) is 46.9 Å². The molecule has 1 aromatic heterocycles. The van der Waals surface area contributed by atoms with Crippen LogP contribution in [0, 0.1) is 6.92 Å². The molecule has 4 heteroatoms. The fourth-order valence-electron chi connectivity index (χ4n) is 1.74. The molecule has 2 aromatic rings. The smallest absolute Gasteiger partial charge is 0.123 e. The average Bonchev–Trinajstić information content (AvgIpc) is 2.84. The van der Waals surface area contributed by atoms with E-state index in [0.717, 1.165) is 30.2 Å². The molecule has 0 saturated carbocycles. The van der Waals surface area contributed by atoms with Gasteiger partial charge in [0.05, 0.1) is 11.8 Å². The summed E-state index contributed by atoms with van der Waals surface area (Å²) in [5, 5.41) is 15.6. The Morgan fingerprint density at radius 2 is 2.05 bits per heavy atom. The third-order valence-electron chi connectivity index (χ3n) is 2.90. The number of rotatable bonds is 6. The molecule has 0 aliphatic rings. The monoisotopic (exact) mass is 276 g/mol. The Bertz CT molecular complexity index is 505. The van der Waals surface area contributed by atoms with E-state index in [9.17, 15) is 5.11 Å². The molecule has 0 aliphatic heterocycles. The van der Waals surface area contributed by atoms with Crippen LogP contribution < -0.4 is 5.32 Å². The van der Waals surface area contributed by atoms with E-state index in [4.69, 9.17) is 0 Å². The van der Waals surface area contributed by atoms with Gasteiger partial charge >= 0.3 is 0 Å². The van der Waals surface area contributed by atoms with Crippen LogP contribution in [0.15, 0.2) is 29.6 Å². The van der Waals surface area contributed by atoms with Crippen molar-refractivity contribution in [3.05, 3.63) is 40.9 Å². The second kappa shape index (κ2) is 6.80. The average molecular weight is 276 g/mol. The fraction of sp³-hybridized carbons (Fsp3) is 0.400. The summed E-state index contributed by atoms with van der Waals surface area (Å²) in [5.74, 6) is 0. The van der Waals surface area contributed by atoms with Gasteiger partial charge in [0.2, 0.25) is 0 Å². The number of nitrogens with one attached hydrogen (secondary N) is 1. The van der Waals surface area contributed by atoms with Gasteiger partial charge in [-0.15, -0.1) is 11.3 Å². The van der Waals surface area contributed by atoms with Crippen LogP contribution in [0.5, 0.6) is 0 Å². The van der Waals surface area contributed by atoms with Gasteiger partial charge in [0.15, 0.2) is 0 Å². The number of hydrogen-bond donors (Lipinski definition) is 2. The van der Waals surface area contributed by atoms with E-state index in [1.807, 2.05) is 0 Å². The number of thiazole rings is 1. The second-order valence-corrected chi connectivity index (χ2v) is 5.68. The summed E-state index contributed by atoms with van der Waals surface area (Å²) >= 11 is 1.67. The molecule has 0 bridgehead atoms. The van der Waals surface area contributed by atoms with Gasteiger partial charge in [-0.3, -0.25) is 0 Å².